The molecule has 34 heavy (non-hydrogen) atoms. The number of halogens is 3. The number of furan rings is 1. The summed E-state index contributed by atoms with van der Waals surface area (Å²) in [5.41, 5.74) is 4.67. The smallest absolute Gasteiger partial charge is 0.307 e. The number of rotatable bonds is 7. The number of nitrogens with zero attached hydrogens (tertiary/aromatic N) is 2. The number of nitro groups is 1. The van der Waals surface area contributed by atoms with Gasteiger partial charge in [0.05, 0.1) is 19.2 Å². The molecule has 0 radical (unpaired) electrons. The maximum Gasteiger partial charge on any atom is 0.307 e. The second kappa shape index (κ2) is 10.7. The number of hydrogen-bond acceptors (Lipinski definition) is 6. The second-order valence-corrected chi connectivity index (χ2v) is 9.95. The molecule has 0 fully saturated rings. The first kappa shape index (κ1) is 24.4. The van der Waals surface area contributed by atoms with Crippen molar-refractivity contribution in [1.82, 2.24) is 5.43 Å². The van der Waals surface area contributed by atoms with Crippen molar-refractivity contribution in [2.24, 2.45) is 5.10 Å². The molecule has 0 saturated carbocycles. The van der Waals surface area contributed by atoms with Crippen molar-refractivity contribution in [2.75, 3.05) is 0 Å². The minimum absolute atomic E-state index is 0.0373. The number of carbonyl (C=O) groups excluding carboxylic acids is 1. The van der Waals surface area contributed by atoms with Crippen LogP contribution >= 0.6 is 54.5 Å². The Bertz CT molecular complexity index is 1420. The summed E-state index contributed by atoms with van der Waals surface area (Å²) < 4.78 is 13.9. The third-order valence-corrected chi connectivity index (χ3v) is 6.53. The van der Waals surface area contributed by atoms with Crippen LogP contribution in [0.4, 0.5) is 5.69 Å². The summed E-state index contributed by atoms with van der Waals surface area (Å²) in [6.07, 6.45) is 1.52. The van der Waals surface area contributed by atoms with E-state index in [0.717, 1.165) is 29.0 Å². The molecule has 0 spiro atoms. The van der Waals surface area contributed by atoms with Gasteiger partial charge in [-0.25, -0.2) is 5.43 Å². The Hall–Kier alpha value is -2.77. The Labute approximate surface area is 223 Å². The van der Waals surface area contributed by atoms with E-state index < -0.39 is 10.8 Å². The minimum Gasteiger partial charge on any atom is -0.488 e. The number of hydrogen-bond donors (Lipinski definition) is 1. The molecule has 0 unspecified atom stereocenters. The van der Waals surface area contributed by atoms with Gasteiger partial charge in [-0.1, -0.05) is 15.9 Å². The Kier molecular flexibility index (Phi) is 7.63. The molecule has 3 aromatic carbocycles. The number of amides is 1. The number of carbonyl (C=O) groups is 1. The summed E-state index contributed by atoms with van der Waals surface area (Å²) in [5.74, 6) is 0.350. The van der Waals surface area contributed by atoms with Crippen LogP contribution in [0.15, 0.2) is 79.1 Å². The van der Waals surface area contributed by atoms with E-state index in [1.165, 1.54) is 18.3 Å². The maximum atomic E-state index is 12.4. The molecule has 4 aromatic rings. The monoisotopic (exact) mass is 697 g/mol. The molecular formula is C23H14Br2IN3O5. The lowest BCUT2D eigenvalue weighted by atomic mass is 10.2. The quantitative estimate of drug-likeness (QED) is 0.0988. The summed E-state index contributed by atoms with van der Waals surface area (Å²) >= 11 is 8.97. The summed E-state index contributed by atoms with van der Waals surface area (Å²) in [6, 6.07) is 17.0. The van der Waals surface area contributed by atoms with Gasteiger partial charge in [0.15, 0.2) is 5.76 Å². The van der Waals surface area contributed by atoms with Gasteiger partial charge in [-0.3, -0.25) is 14.9 Å². The number of nitrogens with one attached hydrogen (secondary N) is 1. The average Bonchev–Trinajstić information content (AvgIpc) is 3.23. The van der Waals surface area contributed by atoms with Crippen molar-refractivity contribution in [2.45, 2.75) is 6.61 Å². The Morgan fingerprint density at radius 1 is 1.15 bits per heavy atom. The van der Waals surface area contributed by atoms with E-state index in [1.807, 2.05) is 18.2 Å². The van der Waals surface area contributed by atoms with Crippen LogP contribution in [-0.2, 0) is 6.61 Å². The Balaban J connectivity index is 1.36. The fraction of sp³-hybridized carbons (Fsp3) is 0.0435. The van der Waals surface area contributed by atoms with Crippen LogP contribution < -0.4 is 10.2 Å². The van der Waals surface area contributed by atoms with Crippen LogP contribution in [0.1, 0.15) is 21.7 Å². The number of nitro benzene ring substituents is 1. The Morgan fingerprint density at radius 3 is 2.62 bits per heavy atom. The standard InChI is InChI=1S/C23H14Br2IN3O5/c24-16-8-15-9-21(34-22(15)18(25)10-16)23(30)28-27-11-14-3-6-20(19(26)7-14)33-12-13-1-4-17(5-2-13)29(31)32/h1-11H,12H2,(H,28,30)/b27-11-. The summed E-state index contributed by atoms with van der Waals surface area (Å²) in [4.78, 5) is 22.7. The normalized spacial score (nSPS) is 11.1. The molecule has 0 aliphatic carbocycles. The number of fused-ring (bicyclic) bond motifs is 1. The highest BCUT2D eigenvalue weighted by atomic mass is 127. The van der Waals surface area contributed by atoms with Crippen molar-refractivity contribution in [3.05, 3.63) is 100 Å². The fourth-order valence-electron chi connectivity index (χ4n) is 3.00. The lowest BCUT2D eigenvalue weighted by molar-refractivity contribution is -0.384. The second-order valence-electron chi connectivity index (χ2n) is 7.02. The highest BCUT2D eigenvalue weighted by molar-refractivity contribution is 14.1. The van der Waals surface area contributed by atoms with Crippen molar-refractivity contribution < 1.29 is 18.9 Å². The average molecular weight is 699 g/mol. The molecule has 0 atom stereocenters. The summed E-state index contributed by atoms with van der Waals surface area (Å²) in [6.45, 7) is 0.279. The molecule has 1 N–H and O–H groups in total. The van der Waals surface area contributed by atoms with E-state index in [9.17, 15) is 14.9 Å². The fourth-order valence-corrected chi connectivity index (χ4v) is 5.03. The van der Waals surface area contributed by atoms with Gasteiger partial charge in [0.25, 0.3) is 5.69 Å². The van der Waals surface area contributed by atoms with E-state index in [-0.39, 0.29) is 18.1 Å². The number of benzene rings is 3. The number of ether oxygens (including phenoxy) is 1. The molecule has 0 bridgehead atoms. The summed E-state index contributed by atoms with van der Waals surface area (Å²) in [7, 11) is 0. The van der Waals surface area contributed by atoms with Gasteiger partial charge >= 0.3 is 5.91 Å². The molecule has 1 heterocycles. The number of hydrazone groups is 1. The predicted molar refractivity (Wildman–Crippen MR) is 143 cm³/mol. The number of non-ortho nitro benzene ring substituents is 1. The van der Waals surface area contributed by atoms with Gasteiger partial charge < -0.3 is 9.15 Å². The topological polar surface area (TPSA) is 107 Å². The molecule has 11 heteroatoms. The summed E-state index contributed by atoms with van der Waals surface area (Å²) in [5, 5.41) is 15.5. The van der Waals surface area contributed by atoms with E-state index in [2.05, 4.69) is 65.0 Å². The van der Waals surface area contributed by atoms with E-state index in [0.29, 0.717) is 11.3 Å². The van der Waals surface area contributed by atoms with E-state index in [4.69, 9.17) is 9.15 Å². The lowest BCUT2D eigenvalue weighted by Crippen LogP contribution is -2.16. The molecule has 1 aromatic heterocycles. The Morgan fingerprint density at radius 2 is 1.91 bits per heavy atom. The van der Waals surface area contributed by atoms with Crippen LogP contribution in [0.3, 0.4) is 0 Å². The van der Waals surface area contributed by atoms with E-state index in [1.54, 1.807) is 30.3 Å². The van der Waals surface area contributed by atoms with Gasteiger partial charge in [0.2, 0.25) is 0 Å². The van der Waals surface area contributed by atoms with Gasteiger partial charge in [-0.15, -0.1) is 0 Å². The van der Waals surface area contributed by atoms with Crippen LogP contribution in [0.2, 0.25) is 0 Å². The third kappa shape index (κ3) is 5.83. The SMILES string of the molecule is O=C(N/N=C\c1ccc(OCc2ccc([N+](=O)[O-])cc2)c(I)c1)c1cc2cc(Br)cc(Br)c2o1. The largest absolute Gasteiger partial charge is 0.488 e. The first-order valence-corrected chi connectivity index (χ1v) is 12.3. The zero-order chi connectivity index (χ0) is 24.2. The zero-order valence-corrected chi connectivity index (χ0v) is 22.5. The first-order chi connectivity index (χ1) is 16.3. The zero-order valence-electron chi connectivity index (χ0n) is 17.1. The van der Waals surface area contributed by atoms with Gasteiger partial charge in [0.1, 0.15) is 17.9 Å². The minimum atomic E-state index is -0.465. The van der Waals surface area contributed by atoms with Crippen LogP contribution in [0, 0.1) is 13.7 Å². The highest BCUT2D eigenvalue weighted by Crippen LogP contribution is 2.31. The molecule has 0 saturated heterocycles. The molecule has 172 valence electrons. The van der Waals surface area contributed by atoms with Gasteiger partial charge in [-0.05, 0) is 98.2 Å². The van der Waals surface area contributed by atoms with Crippen molar-refractivity contribution in [3.63, 3.8) is 0 Å². The maximum absolute atomic E-state index is 12.4. The lowest BCUT2D eigenvalue weighted by Gasteiger charge is -2.09. The molecule has 0 aliphatic heterocycles. The molecule has 0 aliphatic rings. The van der Waals surface area contributed by atoms with Gasteiger partial charge in [0, 0.05) is 22.0 Å². The molecular weight excluding hydrogens is 685 g/mol. The van der Waals surface area contributed by atoms with Crippen LogP contribution in [0.5, 0.6) is 5.75 Å². The molecule has 1 amide bonds. The van der Waals surface area contributed by atoms with E-state index >= 15 is 0 Å². The van der Waals surface area contributed by atoms with Crippen LogP contribution in [0.25, 0.3) is 11.0 Å². The van der Waals surface area contributed by atoms with Crippen molar-refractivity contribution >= 4 is 83.2 Å². The highest BCUT2D eigenvalue weighted by Gasteiger charge is 2.14. The van der Waals surface area contributed by atoms with Crippen LogP contribution in [-0.4, -0.2) is 17.0 Å². The van der Waals surface area contributed by atoms with Crippen molar-refractivity contribution in [3.8, 4) is 5.75 Å². The third-order valence-electron chi connectivity index (χ3n) is 4.64. The molecule has 8 nitrogen and oxygen atoms in total. The molecule has 4 rings (SSSR count). The van der Waals surface area contributed by atoms with Gasteiger partial charge in [-0.2, -0.15) is 5.10 Å². The predicted octanol–water partition coefficient (Wildman–Crippen LogP) is 6.81. The van der Waals surface area contributed by atoms with Crippen molar-refractivity contribution in [1.29, 1.82) is 0 Å². The first-order valence-electron chi connectivity index (χ1n) is 9.68.